The Morgan fingerprint density at radius 3 is 2.39 bits per heavy atom. The summed E-state index contributed by atoms with van der Waals surface area (Å²) < 4.78 is 5.47. The average Bonchev–Trinajstić information content (AvgIpc) is 3.11. The van der Waals surface area contributed by atoms with Gasteiger partial charge in [-0.3, -0.25) is 14.9 Å². The fourth-order valence-electron chi connectivity index (χ4n) is 2.78. The van der Waals surface area contributed by atoms with Crippen LogP contribution < -0.4 is 10.1 Å². The Bertz CT molecular complexity index is 1020. The molecule has 0 aliphatic rings. The van der Waals surface area contributed by atoms with Crippen molar-refractivity contribution in [2.45, 2.75) is 27.7 Å². The van der Waals surface area contributed by atoms with Crippen molar-refractivity contribution in [1.29, 1.82) is 0 Å². The van der Waals surface area contributed by atoms with E-state index in [0.717, 1.165) is 16.8 Å². The molecule has 3 aromatic rings. The van der Waals surface area contributed by atoms with Crippen molar-refractivity contribution < 1.29 is 14.3 Å². The number of ketones is 1. The minimum Gasteiger partial charge on any atom is -0.484 e. The Morgan fingerprint density at radius 1 is 1.04 bits per heavy atom. The van der Waals surface area contributed by atoms with Crippen LogP contribution in [0.1, 0.15) is 34.0 Å². The molecule has 5 nitrogen and oxygen atoms in total. The summed E-state index contributed by atoms with van der Waals surface area (Å²) in [5.74, 6) is 0.238. The zero-order valence-corrected chi connectivity index (χ0v) is 17.1. The van der Waals surface area contributed by atoms with Crippen LogP contribution in [0.25, 0.3) is 11.3 Å². The van der Waals surface area contributed by atoms with E-state index >= 15 is 0 Å². The van der Waals surface area contributed by atoms with E-state index in [9.17, 15) is 9.59 Å². The van der Waals surface area contributed by atoms with E-state index in [4.69, 9.17) is 4.74 Å². The van der Waals surface area contributed by atoms with Gasteiger partial charge < -0.3 is 4.74 Å². The highest BCUT2D eigenvalue weighted by atomic mass is 32.1. The maximum atomic E-state index is 12.1. The van der Waals surface area contributed by atoms with Crippen LogP contribution in [0.4, 0.5) is 5.13 Å². The van der Waals surface area contributed by atoms with Crippen LogP contribution in [0.5, 0.6) is 5.75 Å². The maximum Gasteiger partial charge on any atom is 0.264 e. The first-order valence-electron chi connectivity index (χ1n) is 8.91. The third kappa shape index (κ3) is 4.64. The van der Waals surface area contributed by atoms with Crippen molar-refractivity contribution in [1.82, 2.24) is 4.98 Å². The molecule has 3 rings (SSSR count). The average molecular weight is 394 g/mol. The van der Waals surface area contributed by atoms with Gasteiger partial charge in [0.05, 0.1) is 5.69 Å². The van der Waals surface area contributed by atoms with Crippen molar-refractivity contribution in [3.05, 3.63) is 64.0 Å². The van der Waals surface area contributed by atoms with Crippen LogP contribution in [-0.2, 0) is 4.79 Å². The molecule has 0 fully saturated rings. The molecule has 0 bridgehead atoms. The first-order chi connectivity index (χ1) is 13.3. The van der Waals surface area contributed by atoms with E-state index < -0.39 is 0 Å². The SMILES string of the molecule is CC(=O)c1ccc(OCC(=O)Nc2nc(-c3cc(C)c(C)cc3C)cs2)cc1. The van der Waals surface area contributed by atoms with Gasteiger partial charge in [0.15, 0.2) is 17.5 Å². The first kappa shape index (κ1) is 19.8. The first-order valence-corrected chi connectivity index (χ1v) is 9.79. The third-order valence-electron chi connectivity index (χ3n) is 4.50. The number of aromatic nitrogens is 1. The van der Waals surface area contributed by atoms with Gasteiger partial charge in [-0.25, -0.2) is 4.98 Å². The summed E-state index contributed by atoms with van der Waals surface area (Å²) in [6.45, 7) is 7.60. The number of Topliss-reactive ketones (excluding diaryl/α,β-unsaturated/α-hetero) is 1. The number of aryl methyl sites for hydroxylation is 3. The molecule has 144 valence electrons. The number of anilines is 1. The van der Waals surface area contributed by atoms with E-state index in [1.165, 1.54) is 29.4 Å². The molecule has 0 radical (unpaired) electrons. The molecule has 1 aromatic heterocycles. The van der Waals surface area contributed by atoms with Gasteiger partial charge in [0, 0.05) is 16.5 Å². The Kier molecular flexibility index (Phi) is 5.90. The fourth-order valence-corrected chi connectivity index (χ4v) is 3.51. The number of amides is 1. The second-order valence-corrected chi connectivity index (χ2v) is 7.56. The number of carbonyl (C=O) groups excluding carboxylic acids is 2. The molecule has 6 heteroatoms. The normalized spacial score (nSPS) is 10.6. The van der Waals surface area contributed by atoms with Crippen LogP contribution >= 0.6 is 11.3 Å². The molecule has 0 spiro atoms. The van der Waals surface area contributed by atoms with E-state index in [-0.39, 0.29) is 18.3 Å². The maximum absolute atomic E-state index is 12.1. The second kappa shape index (κ2) is 8.35. The van der Waals surface area contributed by atoms with Gasteiger partial charge >= 0.3 is 0 Å². The van der Waals surface area contributed by atoms with Crippen molar-refractivity contribution >= 4 is 28.2 Å². The van der Waals surface area contributed by atoms with Gasteiger partial charge in [0.2, 0.25) is 0 Å². The van der Waals surface area contributed by atoms with E-state index in [1.807, 2.05) is 5.38 Å². The summed E-state index contributed by atoms with van der Waals surface area (Å²) in [6, 6.07) is 11.0. The lowest BCUT2D eigenvalue weighted by molar-refractivity contribution is -0.118. The highest BCUT2D eigenvalue weighted by molar-refractivity contribution is 7.14. The predicted octanol–water partition coefficient (Wildman–Crippen LogP) is 4.96. The molecule has 0 aliphatic carbocycles. The fraction of sp³-hybridized carbons (Fsp3) is 0.227. The quantitative estimate of drug-likeness (QED) is 0.600. The minimum atomic E-state index is -0.284. The summed E-state index contributed by atoms with van der Waals surface area (Å²) in [4.78, 5) is 28.0. The lowest BCUT2D eigenvalue weighted by Crippen LogP contribution is -2.20. The predicted molar refractivity (Wildman–Crippen MR) is 112 cm³/mol. The van der Waals surface area contributed by atoms with Crippen molar-refractivity contribution in [2.24, 2.45) is 0 Å². The molecule has 0 aliphatic heterocycles. The second-order valence-electron chi connectivity index (χ2n) is 6.71. The number of benzene rings is 2. The molecular formula is C22H22N2O3S. The number of thiazole rings is 1. The van der Waals surface area contributed by atoms with Crippen LogP contribution in [0, 0.1) is 20.8 Å². The van der Waals surface area contributed by atoms with Crippen LogP contribution in [0.15, 0.2) is 41.8 Å². The highest BCUT2D eigenvalue weighted by Gasteiger charge is 2.11. The van der Waals surface area contributed by atoms with Crippen molar-refractivity contribution in [3.8, 4) is 17.0 Å². The molecule has 1 N–H and O–H groups in total. The van der Waals surface area contributed by atoms with Crippen molar-refractivity contribution in [3.63, 3.8) is 0 Å². The third-order valence-corrected chi connectivity index (χ3v) is 5.26. The molecule has 1 amide bonds. The number of carbonyl (C=O) groups is 2. The van der Waals surface area contributed by atoms with Gasteiger partial charge in [0.25, 0.3) is 5.91 Å². The minimum absolute atomic E-state index is 0.0112. The number of rotatable bonds is 6. The lowest BCUT2D eigenvalue weighted by Gasteiger charge is -2.08. The standard InChI is InChI=1S/C22H22N2O3S/c1-13-9-15(3)19(10-14(13)2)20-12-28-22(23-20)24-21(26)11-27-18-7-5-17(6-8-18)16(4)25/h5-10,12H,11H2,1-4H3,(H,23,24,26). The lowest BCUT2D eigenvalue weighted by atomic mass is 9.99. The van der Waals surface area contributed by atoms with E-state index in [0.29, 0.717) is 16.4 Å². The molecular weight excluding hydrogens is 372 g/mol. The van der Waals surface area contributed by atoms with Crippen molar-refractivity contribution in [2.75, 3.05) is 11.9 Å². The van der Waals surface area contributed by atoms with Crippen LogP contribution in [0.3, 0.4) is 0 Å². The number of nitrogens with one attached hydrogen (secondary N) is 1. The number of ether oxygens (including phenoxy) is 1. The molecule has 0 atom stereocenters. The summed E-state index contributed by atoms with van der Waals surface area (Å²) in [5, 5.41) is 5.24. The molecule has 0 unspecified atom stereocenters. The highest BCUT2D eigenvalue weighted by Crippen LogP contribution is 2.29. The Morgan fingerprint density at radius 2 is 1.71 bits per heavy atom. The summed E-state index contributed by atoms with van der Waals surface area (Å²) in [7, 11) is 0. The van der Waals surface area contributed by atoms with Crippen LogP contribution in [0.2, 0.25) is 0 Å². The zero-order chi connectivity index (χ0) is 20.3. The summed E-state index contributed by atoms with van der Waals surface area (Å²) in [5.41, 5.74) is 6.14. The molecule has 1 heterocycles. The molecule has 2 aromatic carbocycles. The Hall–Kier alpha value is -2.99. The smallest absolute Gasteiger partial charge is 0.264 e. The molecule has 28 heavy (non-hydrogen) atoms. The summed E-state index contributed by atoms with van der Waals surface area (Å²) in [6.07, 6.45) is 0. The van der Waals surface area contributed by atoms with Gasteiger partial charge in [-0.15, -0.1) is 11.3 Å². The number of hydrogen-bond acceptors (Lipinski definition) is 5. The van der Waals surface area contributed by atoms with E-state index in [1.54, 1.807) is 24.3 Å². The van der Waals surface area contributed by atoms with Gasteiger partial charge in [0.1, 0.15) is 5.75 Å². The van der Waals surface area contributed by atoms with Gasteiger partial charge in [-0.05, 0) is 74.7 Å². The zero-order valence-electron chi connectivity index (χ0n) is 16.3. The van der Waals surface area contributed by atoms with Crippen LogP contribution in [-0.4, -0.2) is 23.3 Å². The monoisotopic (exact) mass is 394 g/mol. The Labute approximate surface area is 168 Å². The molecule has 0 saturated carbocycles. The largest absolute Gasteiger partial charge is 0.484 e. The van der Waals surface area contributed by atoms with E-state index in [2.05, 4.69) is 43.2 Å². The summed E-state index contributed by atoms with van der Waals surface area (Å²) >= 11 is 1.38. The van der Waals surface area contributed by atoms with Gasteiger partial charge in [-0.1, -0.05) is 6.07 Å². The molecule has 0 saturated heterocycles. The Balaban J connectivity index is 1.61. The van der Waals surface area contributed by atoms with Gasteiger partial charge in [-0.2, -0.15) is 0 Å². The topological polar surface area (TPSA) is 68.3 Å². The number of nitrogens with zero attached hydrogens (tertiary/aromatic N) is 1. The number of hydrogen-bond donors (Lipinski definition) is 1.